The molecule has 14 heavy (non-hydrogen) atoms. The summed E-state index contributed by atoms with van der Waals surface area (Å²) in [7, 11) is 0. The number of hydrogen-bond donors (Lipinski definition) is 0. The smallest absolute Gasteiger partial charge is 0.0918 e. The molecule has 0 amide bonds. The quantitative estimate of drug-likeness (QED) is 0.770. The van der Waals surface area contributed by atoms with E-state index in [4.69, 9.17) is 0 Å². The summed E-state index contributed by atoms with van der Waals surface area (Å²) in [6, 6.07) is 4.63. The highest BCUT2D eigenvalue weighted by Gasteiger charge is 2.13. The van der Waals surface area contributed by atoms with E-state index in [2.05, 4.69) is 63.7 Å². The second-order valence-corrected chi connectivity index (χ2v) is 5.47. The van der Waals surface area contributed by atoms with E-state index in [-0.39, 0.29) is 0 Å². The minimum absolute atomic E-state index is 0.413. The summed E-state index contributed by atoms with van der Waals surface area (Å²) >= 11 is 4.10. The van der Waals surface area contributed by atoms with Gasteiger partial charge in [-0.05, 0) is 47.9 Å². The van der Waals surface area contributed by atoms with Crippen LogP contribution in [0.1, 0.15) is 19.9 Å². The first-order valence-corrected chi connectivity index (χ1v) is 6.43. The number of halogens is 1. The van der Waals surface area contributed by atoms with Crippen LogP contribution in [-0.2, 0) is 0 Å². The highest BCUT2D eigenvalue weighted by molar-refractivity contribution is 14.1. The van der Waals surface area contributed by atoms with Crippen LogP contribution in [0.4, 0.5) is 0 Å². The second kappa shape index (κ2) is 4.02. The highest BCUT2D eigenvalue weighted by Crippen LogP contribution is 2.30. The van der Waals surface area contributed by atoms with E-state index in [0.29, 0.717) is 6.04 Å². The average Bonchev–Trinajstić information content (AvgIpc) is 2.71. The molecule has 2 aromatic rings. The Hall–Kier alpha value is -0.360. The topological polar surface area (TPSA) is 17.8 Å². The van der Waals surface area contributed by atoms with Gasteiger partial charge in [-0.1, -0.05) is 6.07 Å². The van der Waals surface area contributed by atoms with E-state index < -0.39 is 0 Å². The van der Waals surface area contributed by atoms with Crippen molar-refractivity contribution in [2.75, 3.05) is 0 Å². The largest absolute Gasteiger partial charge is 0.260 e. The zero-order chi connectivity index (χ0) is 10.1. The number of aromatic nitrogens is 2. The van der Waals surface area contributed by atoms with Crippen LogP contribution in [0.5, 0.6) is 0 Å². The summed E-state index contributed by atoms with van der Waals surface area (Å²) in [5.41, 5.74) is 1.25. The van der Waals surface area contributed by atoms with E-state index >= 15 is 0 Å². The van der Waals surface area contributed by atoms with Gasteiger partial charge in [-0.25, -0.2) is 0 Å². The number of thiophene rings is 1. The summed E-state index contributed by atoms with van der Waals surface area (Å²) in [5, 5.41) is 6.49. The summed E-state index contributed by atoms with van der Waals surface area (Å²) in [4.78, 5) is 1.29. The van der Waals surface area contributed by atoms with Crippen molar-refractivity contribution in [1.29, 1.82) is 0 Å². The maximum absolute atomic E-state index is 4.39. The zero-order valence-corrected chi connectivity index (χ0v) is 11.0. The Bertz CT molecular complexity index is 417. The standard InChI is InChI=1S/C10H11IN2S/c1-7(2)13-10(8(11)6-12-13)9-4-3-5-14-9/h3-7H,1-2H3. The van der Waals surface area contributed by atoms with Gasteiger partial charge in [-0.2, -0.15) is 5.10 Å². The molecular formula is C10H11IN2S. The van der Waals surface area contributed by atoms with Gasteiger partial charge in [-0.15, -0.1) is 11.3 Å². The third kappa shape index (κ3) is 1.72. The number of hydrogen-bond acceptors (Lipinski definition) is 2. The van der Waals surface area contributed by atoms with Gasteiger partial charge in [0.25, 0.3) is 0 Å². The molecule has 0 atom stereocenters. The minimum atomic E-state index is 0.413. The normalized spacial score (nSPS) is 11.1. The summed E-state index contributed by atoms with van der Waals surface area (Å²) in [6.45, 7) is 4.31. The molecule has 2 aromatic heterocycles. The maximum atomic E-state index is 4.39. The second-order valence-electron chi connectivity index (χ2n) is 3.36. The van der Waals surface area contributed by atoms with Crippen molar-refractivity contribution in [3.05, 3.63) is 27.3 Å². The van der Waals surface area contributed by atoms with Crippen molar-refractivity contribution in [2.45, 2.75) is 19.9 Å². The van der Waals surface area contributed by atoms with Gasteiger partial charge in [0, 0.05) is 6.04 Å². The third-order valence-corrected chi connectivity index (χ3v) is 3.66. The van der Waals surface area contributed by atoms with Crippen LogP contribution in [0.15, 0.2) is 23.7 Å². The first-order valence-electron chi connectivity index (χ1n) is 4.47. The lowest BCUT2D eigenvalue weighted by Crippen LogP contribution is -2.04. The van der Waals surface area contributed by atoms with Gasteiger partial charge < -0.3 is 0 Å². The van der Waals surface area contributed by atoms with Gasteiger partial charge in [-0.3, -0.25) is 4.68 Å². The van der Waals surface area contributed by atoms with Crippen LogP contribution in [0.3, 0.4) is 0 Å². The highest BCUT2D eigenvalue weighted by atomic mass is 127. The van der Waals surface area contributed by atoms with Crippen LogP contribution >= 0.6 is 33.9 Å². The van der Waals surface area contributed by atoms with Gasteiger partial charge >= 0.3 is 0 Å². The van der Waals surface area contributed by atoms with E-state index in [0.717, 1.165) is 0 Å². The molecule has 0 saturated heterocycles. The lowest BCUT2D eigenvalue weighted by Gasteiger charge is -2.09. The molecule has 0 aliphatic rings. The minimum Gasteiger partial charge on any atom is -0.260 e. The lowest BCUT2D eigenvalue weighted by molar-refractivity contribution is 0.539. The SMILES string of the molecule is CC(C)n1ncc(I)c1-c1cccs1. The lowest BCUT2D eigenvalue weighted by atomic mass is 10.3. The van der Waals surface area contributed by atoms with Crippen LogP contribution in [-0.4, -0.2) is 9.78 Å². The zero-order valence-electron chi connectivity index (χ0n) is 8.07. The molecule has 0 aromatic carbocycles. The fourth-order valence-corrected chi connectivity index (χ4v) is 3.00. The monoisotopic (exact) mass is 318 g/mol. The Balaban J connectivity index is 2.56. The van der Waals surface area contributed by atoms with Crippen molar-refractivity contribution in [3.8, 4) is 10.6 Å². The van der Waals surface area contributed by atoms with Crippen molar-refractivity contribution in [3.63, 3.8) is 0 Å². The van der Waals surface area contributed by atoms with Crippen molar-refractivity contribution in [1.82, 2.24) is 9.78 Å². The van der Waals surface area contributed by atoms with E-state index in [1.54, 1.807) is 11.3 Å². The van der Waals surface area contributed by atoms with Crippen LogP contribution in [0.25, 0.3) is 10.6 Å². The molecule has 4 heteroatoms. The Kier molecular flexibility index (Phi) is 2.92. The van der Waals surface area contributed by atoms with Gasteiger partial charge in [0.1, 0.15) is 0 Å². The fraction of sp³-hybridized carbons (Fsp3) is 0.300. The molecule has 0 aliphatic carbocycles. The molecule has 0 fully saturated rings. The Morgan fingerprint density at radius 1 is 1.50 bits per heavy atom. The van der Waals surface area contributed by atoms with Crippen LogP contribution < -0.4 is 0 Å². The van der Waals surface area contributed by atoms with Crippen LogP contribution in [0.2, 0.25) is 0 Å². The Morgan fingerprint density at radius 2 is 2.29 bits per heavy atom. The van der Waals surface area contributed by atoms with E-state index in [1.165, 1.54) is 14.1 Å². The fourth-order valence-electron chi connectivity index (χ4n) is 1.38. The molecular weight excluding hydrogens is 307 g/mol. The number of nitrogens with zero attached hydrogens (tertiary/aromatic N) is 2. The van der Waals surface area contributed by atoms with Gasteiger partial charge in [0.2, 0.25) is 0 Å². The van der Waals surface area contributed by atoms with E-state index in [1.807, 2.05) is 6.20 Å². The molecule has 0 spiro atoms. The average molecular weight is 318 g/mol. The molecule has 0 unspecified atom stereocenters. The molecule has 0 bridgehead atoms. The summed E-state index contributed by atoms with van der Waals surface area (Å²) in [5.74, 6) is 0. The van der Waals surface area contributed by atoms with Crippen molar-refractivity contribution >= 4 is 33.9 Å². The maximum Gasteiger partial charge on any atom is 0.0918 e. The Labute approximate surface area is 101 Å². The molecule has 2 heterocycles. The van der Waals surface area contributed by atoms with Crippen LogP contribution in [0, 0.1) is 3.57 Å². The Morgan fingerprint density at radius 3 is 2.86 bits per heavy atom. The predicted molar refractivity (Wildman–Crippen MR) is 68.6 cm³/mol. The predicted octanol–water partition coefficient (Wildman–Crippen LogP) is 3.80. The third-order valence-electron chi connectivity index (χ3n) is 1.99. The molecule has 0 radical (unpaired) electrons. The molecule has 74 valence electrons. The van der Waals surface area contributed by atoms with Crippen molar-refractivity contribution < 1.29 is 0 Å². The molecule has 0 saturated carbocycles. The summed E-state index contributed by atoms with van der Waals surface area (Å²) in [6.07, 6.45) is 1.93. The molecule has 2 rings (SSSR count). The first kappa shape index (κ1) is 10.2. The van der Waals surface area contributed by atoms with Crippen molar-refractivity contribution in [2.24, 2.45) is 0 Å². The summed E-state index contributed by atoms with van der Waals surface area (Å²) < 4.78 is 3.30. The molecule has 2 nitrogen and oxygen atoms in total. The van der Waals surface area contributed by atoms with Gasteiger partial charge in [0.15, 0.2) is 0 Å². The first-order chi connectivity index (χ1) is 6.70. The molecule has 0 N–H and O–H groups in total. The van der Waals surface area contributed by atoms with E-state index in [9.17, 15) is 0 Å². The van der Waals surface area contributed by atoms with Gasteiger partial charge in [0.05, 0.1) is 20.3 Å². The number of rotatable bonds is 2. The molecule has 0 aliphatic heterocycles.